The quantitative estimate of drug-likeness (QED) is 0.117. The Hall–Kier alpha value is -4.01. The molecule has 15 heteroatoms. The zero-order valence-electron chi connectivity index (χ0n) is 23.8. The lowest BCUT2D eigenvalue weighted by Gasteiger charge is -2.50. The van der Waals surface area contributed by atoms with Gasteiger partial charge in [0.2, 0.25) is 6.29 Å². The monoisotopic (exact) mass is 593 g/mol. The first-order chi connectivity index (χ1) is 19.4. The highest BCUT2D eigenvalue weighted by molar-refractivity contribution is 7.13. The fourth-order valence-corrected chi connectivity index (χ4v) is 4.89. The largest absolute Gasteiger partial charge is 0.463 e. The second-order valence-corrected chi connectivity index (χ2v) is 11.0. The molecule has 2 aliphatic heterocycles. The van der Waals surface area contributed by atoms with E-state index in [0.717, 1.165) is 16.2 Å². The highest BCUT2D eigenvalue weighted by atomic mass is 32.1. The maximum absolute atomic E-state index is 13.5. The summed E-state index contributed by atoms with van der Waals surface area (Å²) in [7, 11) is 1.25. The van der Waals surface area contributed by atoms with Crippen LogP contribution in [-0.2, 0) is 43.0 Å². The van der Waals surface area contributed by atoms with Crippen LogP contribution in [0.1, 0.15) is 59.6 Å². The highest BCUT2D eigenvalue weighted by Crippen LogP contribution is 2.38. The van der Waals surface area contributed by atoms with E-state index in [0.29, 0.717) is 0 Å². The molecular weight excluding hydrogens is 558 g/mol. The normalized spacial score (nSPS) is 19.4. The molecule has 1 fully saturated rings. The summed E-state index contributed by atoms with van der Waals surface area (Å²) in [6.45, 7) is 8.74. The Morgan fingerprint density at radius 3 is 2.46 bits per heavy atom. The van der Waals surface area contributed by atoms with E-state index in [-0.39, 0.29) is 59.6 Å². The number of carbonyl (C=O) groups is 5. The number of β-lactam (4-membered cyclic amide) rings is 1. The number of rotatable bonds is 12. The summed E-state index contributed by atoms with van der Waals surface area (Å²) in [6, 6.07) is -1.70. The van der Waals surface area contributed by atoms with Gasteiger partial charge >= 0.3 is 17.9 Å². The van der Waals surface area contributed by atoms with E-state index < -0.39 is 54.0 Å². The van der Waals surface area contributed by atoms with Crippen LogP contribution >= 0.6 is 11.3 Å². The molecule has 1 aromatic heterocycles. The van der Waals surface area contributed by atoms with Crippen LogP contribution in [0.15, 0.2) is 21.8 Å². The average molecular weight is 594 g/mol. The fourth-order valence-electron chi connectivity index (χ4n) is 4.34. The molecule has 41 heavy (non-hydrogen) atoms. The van der Waals surface area contributed by atoms with Crippen molar-refractivity contribution in [2.75, 3.05) is 19.5 Å². The van der Waals surface area contributed by atoms with Gasteiger partial charge in [0.05, 0.1) is 18.2 Å². The molecule has 14 nitrogen and oxygen atoms in total. The number of aromatic nitrogens is 1. The van der Waals surface area contributed by atoms with Crippen LogP contribution in [0, 0.1) is 11.8 Å². The van der Waals surface area contributed by atoms with Crippen molar-refractivity contribution >= 4 is 51.9 Å². The smallest absolute Gasteiger partial charge is 0.358 e. The van der Waals surface area contributed by atoms with Crippen molar-refractivity contribution in [3.8, 4) is 0 Å². The lowest BCUT2D eigenvalue weighted by atomic mass is 9.83. The predicted octanol–water partition coefficient (Wildman–Crippen LogP) is 1.50. The van der Waals surface area contributed by atoms with Crippen molar-refractivity contribution in [3.05, 3.63) is 22.3 Å². The van der Waals surface area contributed by atoms with Crippen LogP contribution in [0.4, 0.5) is 5.13 Å². The van der Waals surface area contributed by atoms with Gasteiger partial charge in [-0.05, 0) is 25.7 Å². The first-order valence-corrected chi connectivity index (χ1v) is 14.0. The average Bonchev–Trinajstić information content (AvgIpc) is 3.33. The van der Waals surface area contributed by atoms with E-state index in [1.165, 1.54) is 12.5 Å². The Bertz CT molecular complexity index is 1260. The molecule has 3 N–H and O–H groups in total. The van der Waals surface area contributed by atoms with Gasteiger partial charge in [0.1, 0.15) is 24.5 Å². The van der Waals surface area contributed by atoms with Crippen LogP contribution in [0.3, 0.4) is 0 Å². The van der Waals surface area contributed by atoms with E-state index in [2.05, 4.69) is 15.5 Å². The van der Waals surface area contributed by atoms with Crippen LogP contribution in [0.5, 0.6) is 0 Å². The number of amides is 2. The number of nitrogens with two attached hydrogens (primary N) is 1. The third kappa shape index (κ3) is 7.20. The maximum atomic E-state index is 13.5. The molecule has 0 aliphatic carbocycles. The van der Waals surface area contributed by atoms with Gasteiger partial charge in [-0.1, -0.05) is 32.9 Å². The topological polar surface area (TPSA) is 189 Å². The number of ether oxygens (including phenoxy) is 3. The number of esters is 3. The number of hydrogen-bond donors (Lipinski definition) is 2. The summed E-state index contributed by atoms with van der Waals surface area (Å²) in [4.78, 5) is 74.8. The first kappa shape index (κ1) is 31.5. The van der Waals surface area contributed by atoms with Gasteiger partial charge in [-0.2, -0.15) is 0 Å². The molecule has 0 bridgehead atoms. The zero-order chi connectivity index (χ0) is 30.4. The Morgan fingerprint density at radius 2 is 1.90 bits per heavy atom. The molecule has 3 atom stereocenters. The number of nitrogen functional groups attached to an aromatic ring is 1. The van der Waals surface area contributed by atoms with Crippen LogP contribution in [0.2, 0.25) is 0 Å². The second-order valence-electron chi connectivity index (χ2n) is 10.1. The van der Waals surface area contributed by atoms with E-state index in [1.54, 1.807) is 20.8 Å². The Kier molecular flexibility index (Phi) is 10.4. The molecule has 3 heterocycles. The van der Waals surface area contributed by atoms with E-state index in [4.69, 9.17) is 24.8 Å². The standard InChI is InChI=1S/C26H35N5O9S/c1-7-38-23(35)14-8-9-16-19(29-21(33)18(30-37-6)15-11-41-26(27)28-15)22(34)31(16)20(14)24(36)40-25(13(4)5)39-17(32)10-12(2)3/h11-13,16,19,25H,7-10H2,1-6H3,(H2,27,28)(H,29,33)/b30-18-/t16?,19-,25?/m0/s1. The second kappa shape index (κ2) is 13.6. The lowest BCUT2D eigenvalue weighted by Crippen LogP contribution is -2.72. The molecule has 0 spiro atoms. The number of hydrogen-bond acceptors (Lipinski definition) is 13. The number of oxime groups is 1. The summed E-state index contributed by atoms with van der Waals surface area (Å²) >= 11 is 1.10. The van der Waals surface area contributed by atoms with Gasteiger partial charge in [-0.15, -0.1) is 11.3 Å². The Morgan fingerprint density at radius 1 is 1.20 bits per heavy atom. The molecule has 2 unspecified atom stereocenters. The third-order valence-corrected chi connectivity index (χ3v) is 6.86. The molecule has 2 amide bonds. The fraction of sp³-hybridized carbons (Fsp3) is 0.577. The zero-order valence-corrected chi connectivity index (χ0v) is 24.6. The summed E-state index contributed by atoms with van der Waals surface area (Å²) < 4.78 is 16.0. The molecule has 3 rings (SSSR count). The molecule has 0 radical (unpaired) electrons. The van der Waals surface area contributed by atoms with Crippen molar-refractivity contribution in [3.63, 3.8) is 0 Å². The number of carbonyl (C=O) groups excluding carboxylic acids is 5. The molecule has 1 aromatic rings. The van der Waals surface area contributed by atoms with Gasteiger partial charge in [-0.25, -0.2) is 14.6 Å². The lowest BCUT2D eigenvalue weighted by molar-refractivity contribution is -0.196. The minimum atomic E-state index is -1.25. The van der Waals surface area contributed by atoms with Gasteiger partial charge in [0.15, 0.2) is 10.8 Å². The SMILES string of the molecule is CCOC(=O)C1=C(C(=O)OC(OC(=O)CC(C)C)C(C)C)N2C(=O)[C@@H](NC(=O)/C(=N\OC)c3csc(N)n3)C2CC1. The van der Waals surface area contributed by atoms with Crippen LogP contribution < -0.4 is 11.1 Å². The van der Waals surface area contributed by atoms with Crippen LogP contribution in [0.25, 0.3) is 0 Å². The van der Waals surface area contributed by atoms with E-state index in [9.17, 15) is 24.0 Å². The summed E-state index contributed by atoms with van der Waals surface area (Å²) in [5.74, 6) is -4.13. The number of nitrogens with zero attached hydrogens (tertiary/aromatic N) is 3. The molecular formula is C26H35N5O9S. The number of nitrogens with one attached hydrogen (secondary N) is 1. The van der Waals surface area contributed by atoms with Crippen molar-refractivity contribution in [2.45, 2.75) is 72.3 Å². The number of fused-ring (bicyclic) bond motifs is 1. The predicted molar refractivity (Wildman–Crippen MR) is 146 cm³/mol. The summed E-state index contributed by atoms with van der Waals surface area (Å²) in [6.07, 6.45) is -0.812. The minimum Gasteiger partial charge on any atom is -0.463 e. The van der Waals surface area contributed by atoms with Crippen molar-refractivity contribution < 1.29 is 43.0 Å². The molecule has 2 aliphatic rings. The number of thiazole rings is 1. The first-order valence-electron chi connectivity index (χ1n) is 13.2. The molecule has 0 saturated carbocycles. The Labute approximate surface area is 241 Å². The number of anilines is 1. The highest BCUT2D eigenvalue weighted by Gasteiger charge is 2.55. The van der Waals surface area contributed by atoms with Gasteiger partial charge in [-0.3, -0.25) is 19.3 Å². The van der Waals surface area contributed by atoms with Crippen LogP contribution in [-0.4, -0.2) is 77.4 Å². The van der Waals surface area contributed by atoms with E-state index >= 15 is 0 Å². The van der Waals surface area contributed by atoms with E-state index in [1.807, 2.05) is 13.8 Å². The van der Waals surface area contributed by atoms with Gasteiger partial charge in [0.25, 0.3) is 11.8 Å². The van der Waals surface area contributed by atoms with Crippen molar-refractivity contribution in [1.29, 1.82) is 0 Å². The molecule has 224 valence electrons. The summed E-state index contributed by atoms with van der Waals surface area (Å²) in [5.41, 5.74) is 5.30. The van der Waals surface area contributed by atoms with Gasteiger partial charge in [0, 0.05) is 17.7 Å². The Balaban J connectivity index is 1.85. The molecule has 1 saturated heterocycles. The molecule has 0 aromatic carbocycles. The van der Waals surface area contributed by atoms with Crippen molar-refractivity contribution in [1.82, 2.24) is 15.2 Å². The summed E-state index contributed by atoms with van der Waals surface area (Å²) in [5, 5.41) is 8.06. The van der Waals surface area contributed by atoms with Gasteiger partial charge < -0.3 is 30.1 Å². The maximum Gasteiger partial charge on any atom is 0.358 e. The third-order valence-electron chi connectivity index (χ3n) is 6.19. The van der Waals surface area contributed by atoms with Crippen molar-refractivity contribution in [2.24, 2.45) is 17.0 Å². The minimum absolute atomic E-state index is 0.0245.